The fraction of sp³-hybridized carbons (Fsp3) is 0. The van der Waals surface area contributed by atoms with Gasteiger partial charge < -0.3 is 0 Å². The quantitative estimate of drug-likeness (QED) is 0.730. The molecule has 0 unspecified atom stereocenters. The van der Waals surface area contributed by atoms with Gasteiger partial charge in [0.2, 0.25) is 0 Å². The summed E-state index contributed by atoms with van der Waals surface area (Å²) >= 11 is 1.22. The highest BCUT2D eigenvalue weighted by Gasteiger charge is 2.16. The number of fused-ring (bicyclic) bond motifs is 1. The first-order chi connectivity index (χ1) is 6.48. The van der Waals surface area contributed by atoms with Gasteiger partial charge in [0.15, 0.2) is 0 Å². The van der Waals surface area contributed by atoms with Gasteiger partial charge in [-0.25, -0.2) is 12.8 Å². The minimum absolute atomic E-state index is 0.0290. The number of benzene rings is 1. The number of hydrogen-bond donors (Lipinski definition) is 0. The van der Waals surface area contributed by atoms with Crippen molar-refractivity contribution in [3.8, 4) is 0 Å². The molecule has 2 nitrogen and oxygen atoms in total. The van der Waals surface area contributed by atoms with Crippen molar-refractivity contribution < 1.29 is 12.8 Å². The SMILES string of the molecule is O=S(=O)(Cl)c1csc2ccc(F)cc12. The molecule has 1 aromatic carbocycles. The van der Waals surface area contributed by atoms with Gasteiger partial charge >= 0.3 is 0 Å². The standard InChI is InChI=1S/C8H4ClFO2S2/c9-14(11,12)8-4-13-7-2-1-5(10)3-6(7)8/h1-4H. The third kappa shape index (κ3) is 1.63. The second kappa shape index (κ2) is 3.18. The molecule has 2 rings (SSSR count). The first kappa shape index (κ1) is 9.89. The topological polar surface area (TPSA) is 34.1 Å². The summed E-state index contributed by atoms with van der Waals surface area (Å²) in [5.74, 6) is -0.475. The summed E-state index contributed by atoms with van der Waals surface area (Å²) in [6.45, 7) is 0. The normalized spacial score (nSPS) is 12.1. The lowest BCUT2D eigenvalue weighted by atomic mass is 10.2. The van der Waals surface area contributed by atoms with Gasteiger partial charge in [-0.3, -0.25) is 0 Å². The summed E-state index contributed by atoms with van der Waals surface area (Å²) < 4.78 is 35.7. The maximum absolute atomic E-state index is 12.8. The Morgan fingerprint density at radius 1 is 1.36 bits per heavy atom. The molecule has 0 aliphatic heterocycles. The largest absolute Gasteiger partial charge is 0.262 e. The van der Waals surface area contributed by atoms with Gasteiger partial charge in [-0.1, -0.05) is 0 Å². The lowest BCUT2D eigenvalue weighted by Gasteiger charge is -1.93. The van der Waals surface area contributed by atoms with E-state index < -0.39 is 14.9 Å². The van der Waals surface area contributed by atoms with Gasteiger partial charge in [-0.05, 0) is 18.2 Å². The molecular weight excluding hydrogens is 247 g/mol. The predicted octanol–water partition coefficient (Wildman–Crippen LogP) is 2.97. The summed E-state index contributed by atoms with van der Waals surface area (Å²) in [5.41, 5.74) is 0. The average Bonchev–Trinajstić information content (AvgIpc) is 2.45. The van der Waals surface area contributed by atoms with E-state index in [-0.39, 0.29) is 4.90 Å². The van der Waals surface area contributed by atoms with Crippen molar-refractivity contribution in [1.82, 2.24) is 0 Å². The van der Waals surface area contributed by atoms with Crippen LogP contribution in [-0.2, 0) is 9.05 Å². The summed E-state index contributed by atoms with van der Waals surface area (Å²) in [6.07, 6.45) is 0. The van der Waals surface area contributed by atoms with E-state index in [9.17, 15) is 12.8 Å². The first-order valence-corrected chi connectivity index (χ1v) is 6.79. The van der Waals surface area contributed by atoms with Crippen LogP contribution in [0.1, 0.15) is 0 Å². The molecule has 0 bridgehead atoms. The van der Waals surface area contributed by atoms with Gasteiger partial charge in [0.1, 0.15) is 10.7 Å². The molecule has 0 spiro atoms. The fourth-order valence-corrected chi connectivity index (χ4v) is 3.65. The highest BCUT2D eigenvalue weighted by atomic mass is 35.7. The van der Waals surface area contributed by atoms with Crippen LogP contribution >= 0.6 is 22.0 Å². The number of halogens is 2. The second-order valence-corrected chi connectivity index (χ2v) is 6.12. The van der Waals surface area contributed by atoms with E-state index in [0.29, 0.717) is 10.1 Å². The third-order valence-electron chi connectivity index (χ3n) is 1.76. The molecule has 6 heteroatoms. The van der Waals surface area contributed by atoms with Crippen LogP contribution in [0.3, 0.4) is 0 Å². The average molecular weight is 251 g/mol. The van der Waals surface area contributed by atoms with Gasteiger partial charge in [0, 0.05) is 26.1 Å². The van der Waals surface area contributed by atoms with Crippen LogP contribution in [-0.4, -0.2) is 8.42 Å². The van der Waals surface area contributed by atoms with Crippen LogP contribution in [0.4, 0.5) is 4.39 Å². The summed E-state index contributed by atoms with van der Waals surface area (Å²) in [4.78, 5) is -0.0290. The van der Waals surface area contributed by atoms with Crippen molar-refractivity contribution in [2.24, 2.45) is 0 Å². The lowest BCUT2D eigenvalue weighted by Crippen LogP contribution is -1.87. The zero-order valence-electron chi connectivity index (χ0n) is 6.70. The van der Waals surface area contributed by atoms with E-state index in [4.69, 9.17) is 10.7 Å². The Morgan fingerprint density at radius 2 is 2.07 bits per heavy atom. The van der Waals surface area contributed by atoms with Crippen LogP contribution in [0.2, 0.25) is 0 Å². The summed E-state index contributed by atoms with van der Waals surface area (Å²) in [6, 6.07) is 3.98. The first-order valence-electron chi connectivity index (χ1n) is 3.60. The minimum Gasteiger partial charge on any atom is -0.207 e. The molecule has 74 valence electrons. The summed E-state index contributed by atoms with van der Waals surface area (Å²) in [5, 5.41) is 1.75. The van der Waals surface area contributed by atoms with Crippen LogP contribution in [0.15, 0.2) is 28.5 Å². The van der Waals surface area contributed by atoms with Crippen LogP contribution < -0.4 is 0 Å². The molecule has 0 aliphatic rings. The van der Waals surface area contributed by atoms with E-state index in [0.717, 1.165) is 0 Å². The van der Waals surface area contributed by atoms with Crippen LogP contribution in [0, 0.1) is 5.82 Å². The molecule has 0 amide bonds. The van der Waals surface area contributed by atoms with E-state index in [2.05, 4.69) is 0 Å². The lowest BCUT2D eigenvalue weighted by molar-refractivity contribution is 0.610. The molecule has 0 radical (unpaired) electrons. The molecule has 14 heavy (non-hydrogen) atoms. The number of thiophene rings is 1. The third-order valence-corrected chi connectivity index (χ3v) is 4.24. The zero-order valence-corrected chi connectivity index (χ0v) is 9.09. The Labute approximate surface area is 88.4 Å². The molecular formula is C8H4ClFO2S2. The Morgan fingerprint density at radius 3 is 2.71 bits per heavy atom. The molecule has 1 heterocycles. The van der Waals surface area contributed by atoms with E-state index in [1.807, 2.05) is 0 Å². The fourth-order valence-electron chi connectivity index (χ4n) is 1.17. The molecule has 0 saturated heterocycles. The summed E-state index contributed by atoms with van der Waals surface area (Å²) in [7, 11) is 1.40. The number of rotatable bonds is 1. The highest BCUT2D eigenvalue weighted by Crippen LogP contribution is 2.31. The molecule has 0 atom stereocenters. The van der Waals surface area contributed by atoms with E-state index in [1.165, 1.54) is 34.9 Å². The van der Waals surface area contributed by atoms with Crippen molar-refractivity contribution in [1.29, 1.82) is 0 Å². The highest BCUT2D eigenvalue weighted by molar-refractivity contribution is 8.14. The maximum Gasteiger partial charge on any atom is 0.262 e. The van der Waals surface area contributed by atoms with Crippen molar-refractivity contribution in [2.45, 2.75) is 4.90 Å². The Bertz CT molecular complexity index is 588. The van der Waals surface area contributed by atoms with Crippen molar-refractivity contribution in [3.05, 3.63) is 29.4 Å². The predicted molar refractivity (Wildman–Crippen MR) is 54.8 cm³/mol. The van der Waals surface area contributed by atoms with Gasteiger partial charge in [-0.15, -0.1) is 11.3 Å². The van der Waals surface area contributed by atoms with Crippen molar-refractivity contribution in [2.75, 3.05) is 0 Å². The van der Waals surface area contributed by atoms with Crippen LogP contribution in [0.25, 0.3) is 10.1 Å². The molecule has 2 aromatic rings. The maximum atomic E-state index is 12.8. The number of hydrogen-bond acceptors (Lipinski definition) is 3. The van der Waals surface area contributed by atoms with Gasteiger partial charge in [-0.2, -0.15) is 0 Å². The minimum atomic E-state index is -3.79. The Kier molecular flexibility index (Phi) is 2.25. The molecule has 0 N–H and O–H groups in total. The van der Waals surface area contributed by atoms with Crippen LogP contribution in [0.5, 0.6) is 0 Å². The molecule has 1 aromatic heterocycles. The van der Waals surface area contributed by atoms with Gasteiger partial charge in [0.05, 0.1) is 0 Å². The zero-order chi connectivity index (χ0) is 10.3. The monoisotopic (exact) mass is 250 g/mol. The van der Waals surface area contributed by atoms with E-state index in [1.54, 1.807) is 0 Å². The van der Waals surface area contributed by atoms with Gasteiger partial charge in [0.25, 0.3) is 9.05 Å². The molecule has 0 saturated carbocycles. The van der Waals surface area contributed by atoms with Crippen molar-refractivity contribution in [3.63, 3.8) is 0 Å². The Balaban J connectivity index is 2.87. The molecule has 0 fully saturated rings. The smallest absolute Gasteiger partial charge is 0.207 e. The second-order valence-electron chi connectivity index (χ2n) is 2.68. The Hall–Kier alpha value is -0.650. The van der Waals surface area contributed by atoms with E-state index >= 15 is 0 Å². The van der Waals surface area contributed by atoms with Crippen molar-refractivity contribution >= 4 is 41.2 Å². The molecule has 0 aliphatic carbocycles.